The highest BCUT2D eigenvalue weighted by atomic mass is 16.2. The number of aryl methyl sites for hydroxylation is 2. The fraction of sp³-hybridized carbons (Fsp3) is 0.450. The van der Waals surface area contributed by atoms with Crippen molar-refractivity contribution >= 4 is 11.8 Å². The van der Waals surface area contributed by atoms with Crippen molar-refractivity contribution in [2.75, 3.05) is 13.1 Å². The molecule has 1 saturated heterocycles. The summed E-state index contributed by atoms with van der Waals surface area (Å²) in [5, 5.41) is 7.20. The highest BCUT2D eigenvalue weighted by molar-refractivity contribution is 5.94. The largest absolute Gasteiger partial charge is 0.350 e. The summed E-state index contributed by atoms with van der Waals surface area (Å²) < 4.78 is 1.70. The quantitative estimate of drug-likeness (QED) is 0.897. The van der Waals surface area contributed by atoms with Crippen molar-refractivity contribution in [1.82, 2.24) is 20.0 Å². The number of carbonyl (C=O) groups is 2. The van der Waals surface area contributed by atoms with Gasteiger partial charge in [0, 0.05) is 30.9 Å². The van der Waals surface area contributed by atoms with Gasteiger partial charge in [-0.2, -0.15) is 5.10 Å². The Morgan fingerprint density at radius 1 is 1.12 bits per heavy atom. The van der Waals surface area contributed by atoms with Crippen LogP contribution in [-0.2, 0) is 17.9 Å². The Morgan fingerprint density at radius 2 is 1.88 bits per heavy atom. The van der Waals surface area contributed by atoms with Crippen LogP contribution in [0.1, 0.15) is 46.6 Å². The molecule has 0 unspecified atom stereocenters. The maximum Gasteiger partial charge on any atom is 0.253 e. The minimum Gasteiger partial charge on any atom is -0.350 e. The molecule has 26 heavy (non-hydrogen) atoms. The molecule has 0 atom stereocenters. The lowest BCUT2D eigenvalue weighted by atomic mass is 10.1. The van der Waals surface area contributed by atoms with Gasteiger partial charge in [0.05, 0.1) is 5.69 Å². The first-order valence-corrected chi connectivity index (χ1v) is 9.19. The van der Waals surface area contributed by atoms with Gasteiger partial charge in [-0.05, 0) is 56.9 Å². The van der Waals surface area contributed by atoms with E-state index in [1.165, 1.54) is 6.42 Å². The molecule has 1 aliphatic heterocycles. The van der Waals surface area contributed by atoms with E-state index in [0.717, 1.165) is 42.9 Å². The van der Waals surface area contributed by atoms with E-state index in [4.69, 9.17) is 0 Å². The summed E-state index contributed by atoms with van der Waals surface area (Å²) in [5.41, 5.74) is 3.48. The third kappa shape index (κ3) is 4.50. The van der Waals surface area contributed by atoms with Crippen molar-refractivity contribution in [3.05, 3.63) is 52.8 Å². The Labute approximate surface area is 154 Å². The highest BCUT2D eigenvalue weighted by Gasteiger charge is 2.18. The van der Waals surface area contributed by atoms with Crippen LogP contribution in [0.4, 0.5) is 0 Å². The predicted octanol–water partition coefficient (Wildman–Crippen LogP) is 2.44. The molecule has 0 spiro atoms. The Balaban J connectivity index is 1.57. The van der Waals surface area contributed by atoms with E-state index >= 15 is 0 Å². The molecular formula is C20H26N4O2. The molecule has 1 fully saturated rings. The molecular weight excluding hydrogens is 328 g/mol. The summed E-state index contributed by atoms with van der Waals surface area (Å²) in [6, 6.07) is 9.47. The molecule has 0 radical (unpaired) electrons. The molecule has 2 amide bonds. The summed E-state index contributed by atoms with van der Waals surface area (Å²) in [6.45, 7) is 6.12. The summed E-state index contributed by atoms with van der Waals surface area (Å²) in [6.07, 6.45) is 3.35. The molecule has 1 aliphatic rings. The summed E-state index contributed by atoms with van der Waals surface area (Å²) in [7, 11) is 0. The smallest absolute Gasteiger partial charge is 0.253 e. The van der Waals surface area contributed by atoms with E-state index in [2.05, 4.69) is 10.4 Å². The zero-order valence-corrected chi connectivity index (χ0v) is 15.5. The maximum absolute atomic E-state index is 12.6. The average molecular weight is 354 g/mol. The van der Waals surface area contributed by atoms with Gasteiger partial charge in [0.25, 0.3) is 5.91 Å². The van der Waals surface area contributed by atoms with E-state index in [1.807, 2.05) is 49.1 Å². The van der Waals surface area contributed by atoms with Crippen LogP contribution in [0.3, 0.4) is 0 Å². The number of carbonyl (C=O) groups excluding carboxylic acids is 2. The Kier molecular flexibility index (Phi) is 5.71. The van der Waals surface area contributed by atoms with Gasteiger partial charge in [-0.1, -0.05) is 12.1 Å². The number of piperidine rings is 1. The van der Waals surface area contributed by atoms with Gasteiger partial charge in [-0.15, -0.1) is 0 Å². The molecule has 2 heterocycles. The van der Waals surface area contributed by atoms with Crippen molar-refractivity contribution in [2.45, 2.75) is 46.2 Å². The van der Waals surface area contributed by atoms with Crippen LogP contribution >= 0.6 is 0 Å². The fourth-order valence-electron chi connectivity index (χ4n) is 3.32. The molecule has 1 N–H and O–H groups in total. The molecule has 3 rings (SSSR count). The second kappa shape index (κ2) is 8.17. The first-order chi connectivity index (χ1) is 12.5. The van der Waals surface area contributed by atoms with Crippen molar-refractivity contribution in [1.29, 1.82) is 0 Å². The van der Waals surface area contributed by atoms with E-state index in [-0.39, 0.29) is 18.4 Å². The molecule has 138 valence electrons. The second-order valence-corrected chi connectivity index (χ2v) is 6.91. The van der Waals surface area contributed by atoms with Gasteiger partial charge >= 0.3 is 0 Å². The molecule has 0 aliphatic carbocycles. The minimum absolute atomic E-state index is 0.0838. The summed E-state index contributed by atoms with van der Waals surface area (Å²) >= 11 is 0. The SMILES string of the molecule is Cc1cc(C)n(CC(=O)NCc2cccc(C(=O)N3CCCCC3)c2)n1. The van der Waals surface area contributed by atoms with E-state index in [1.54, 1.807) is 4.68 Å². The molecule has 6 heteroatoms. The summed E-state index contributed by atoms with van der Waals surface area (Å²) in [5.74, 6) is -0.00974. The lowest BCUT2D eigenvalue weighted by Crippen LogP contribution is -2.35. The van der Waals surface area contributed by atoms with Gasteiger partial charge in [0.2, 0.25) is 5.91 Å². The van der Waals surface area contributed by atoms with E-state index in [0.29, 0.717) is 12.1 Å². The molecule has 0 bridgehead atoms. The topological polar surface area (TPSA) is 67.2 Å². The lowest BCUT2D eigenvalue weighted by molar-refractivity contribution is -0.122. The molecule has 1 aromatic carbocycles. The minimum atomic E-state index is -0.0936. The first-order valence-electron chi connectivity index (χ1n) is 9.19. The number of aromatic nitrogens is 2. The maximum atomic E-state index is 12.6. The van der Waals surface area contributed by atoms with Crippen molar-refractivity contribution < 1.29 is 9.59 Å². The zero-order chi connectivity index (χ0) is 18.5. The van der Waals surface area contributed by atoms with Crippen LogP contribution in [-0.4, -0.2) is 39.6 Å². The number of nitrogens with zero attached hydrogens (tertiary/aromatic N) is 3. The first kappa shape index (κ1) is 18.2. The monoisotopic (exact) mass is 354 g/mol. The van der Waals surface area contributed by atoms with Crippen molar-refractivity contribution in [2.24, 2.45) is 0 Å². The van der Waals surface area contributed by atoms with Crippen LogP contribution in [0.15, 0.2) is 30.3 Å². The van der Waals surface area contributed by atoms with Gasteiger partial charge < -0.3 is 10.2 Å². The fourth-order valence-corrected chi connectivity index (χ4v) is 3.32. The molecule has 0 saturated carbocycles. The number of amides is 2. The van der Waals surface area contributed by atoms with Crippen LogP contribution in [0.25, 0.3) is 0 Å². The highest BCUT2D eigenvalue weighted by Crippen LogP contribution is 2.14. The number of likely N-dealkylation sites (tertiary alicyclic amines) is 1. The van der Waals surface area contributed by atoms with Gasteiger partial charge in [0.1, 0.15) is 6.54 Å². The lowest BCUT2D eigenvalue weighted by Gasteiger charge is -2.26. The normalized spacial score (nSPS) is 14.3. The van der Waals surface area contributed by atoms with Crippen LogP contribution < -0.4 is 5.32 Å². The van der Waals surface area contributed by atoms with Gasteiger partial charge in [0.15, 0.2) is 0 Å². The third-order valence-corrected chi connectivity index (χ3v) is 4.70. The van der Waals surface area contributed by atoms with E-state index in [9.17, 15) is 9.59 Å². The number of rotatable bonds is 5. The van der Waals surface area contributed by atoms with Crippen molar-refractivity contribution in [3.63, 3.8) is 0 Å². The molecule has 1 aromatic heterocycles. The van der Waals surface area contributed by atoms with Crippen molar-refractivity contribution in [3.8, 4) is 0 Å². The Hall–Kier alpha value is -2.63. The average Bonchev–Trinajstić information content (AvgIpc) is 2.97. The molecule has 6 nitrogen and oxygen atoms in total. The van der Waals surface area contributed by atoms with Crippen LogP contribution in [0.5, 0.6) is 0 Å². The number of nitrogens with one attached hydrogen (secondary N) is 1. The predicted molar refractivity (Wildman–Crippen MR) is 99.7 cm³/mol. The van der Waals surface area contributed by atoms with E-state index < -0.39 is 0 Å². The van der Waals surface area contributed by atoms with Crippen LogP contribution in [0, 0.1) is 13.8 Å². The van der Waals surface area contributed by atoms with Gasteiger partial charge in [-0.25, -0.2) is 0 Å². The number of hydrogen-bond donors (Lipinski definition) is 1. The van der Waals surface area contributed by atoms with Crippen LogP contribution in [0.2, 0.25) is 0 Å². The number of benzene rings is 1. The van der Waals surface area contributed by atoms with Gasteiger partial charge in [-0.3, -0.25) is 14.3 Å². The third-order valence-electron chi connectivity index (χ3n) is 4.70. The second-order valence-electron chi connectivity index (χ2n) is 6.91. The molecule has 2 aromatic rings. The standard InChI is InChI=1S/C20H26N4O2/c1-15-11-16(2)24(22-15)14-19(25)21-13-17-7-6-8-18(12-17)20(26)23-9-4-3-5-10-23/h6-8,11-12H,3-5,9-10,13-14H2,1-2H3,(H,21,25). The number of hydrogen-bond acceptors (Lipinski definition) is 3. The summed E-state index contributed by atoms with van der Waals surface area (Å²) in [4.78, 5) is 26.7. The Bertz CT molecular complexity index is 791. The Morgan fingerprint density at radius 3 is 2.58 bits per heavy atom. The zero-order valence-electron chi connectivity index (χ0n) is 15.5.